The molecule has 18 heavy (non-hydrogen) atoms. The van der Waals surface area contributed by atoms with E-state index in [0.29, 0.717) is 12.3 Å². The molecule has 0 fully saturated rings. The summed E-state index contributed by atoms with van der Waals surface area (Å²) in [5.74, 6) is 1.15. The Balaban J connectivity index is 2.06. The first kappa shape index (κ1) is 12.3. The third-order valence-corrected chi connectivity index (χ3v) is 2.83. The SMILES string of the molecule is COc1ccc(NCc2cccc(O)c2)c(C)c1. The van der Waals surface area contributed by atoms with Gasteiger partial charge >= 0.3 is 0 Å². The standard InChI is InChI=1S/C15H17NO2/c1-11-8-14(18-2)6-7-15(11)16-10-12-4-3-5-13(17)9-12/h3-9,16-17H,10H2,1-2H3. The van der Waals surface area contributed by atoms with Crippen molar-refractivity contribution in [3.8, 4) is 11.5 Å². The van der Waals surface area contributed by atoms with E-state index in [1.807, 2.05) is 37.3 Å². The van der Waals surface area contributed by atoms with Crippen LogP contribution >= 0.6 is 0 Å². The molecule has 0 aliphatic heterocycles. The van der Waals surface area contributed by atoms with Crippen molar-refractivity contribution in [2.75, 3.05) is 12.4 Å². The molecular weight excluding hydrogens is 226 g/mol. The predicted octanol–water partition coefficient (Wildman–Crippen LogP) is 3.32. The first-order chi connectivity index (χ1) is 8.69. The van der Waals surface area contributed by atoms with Crippen molar-refractivity contribution in [1.82, 2.24) is 0 Å². The van der Waals surface area contributed by atoms with Crippen LogP contribution in [0.3, 0.4) is 0 Å². The van der Waals surface area contributed by atoms with Crippen molar-refractivity contribution in [2.24, 2.45) is 0 Å². The fraction of sp³-hybridized carbons (Fsp3) is 0.200. The quantitative estimate of drug-likeness (QED) is 0.865. The van der Waals surface area contributed by atoms with Gasteiger partial charge in [0.25, 0.3) is 0 Å². The van der Waals surface area contributed by atoms with Crippen molar-refractivity contribution in [3.63, 3.8) is 0 Å². The summed E-state index contributed by atoms with van der Waals surface area (Å²) in [5, 5.41) is 12.7. The van der Waals surface area contributed by atoms with Crippen molar-refractivity contribution >= 4 is 5.69 Å². The highest BCUT2D eigenvalue weighted by Crippen LogP contribution is 2.22. The molecule has 0 unspecified atom stereocenters. The van der Waals surface area contributed by atoms with Crippen LogP contribution in [0.5, 0.6) is 11.5 Å². The average Bonchev–Trinajstić information content (AvgIpc) is 2.37. The van der Waals surface area contributed by atoms with Gasteiger partial charge in [0.1, 0.15) is 11.5 Å². The third-order valence-electron chi connectivity index (χ3n) is 2.83. The normalized spacial score (nSPS) is 10.1. The Morgan fingerprint density at radius 1 is 1.17 bits per heavy atom. The van der Waals surface area contributed by atoms with Crippen LogP contribution in [-0.2, 0) is 6.54 Å². The maximum Gasteiger partial charge on any atom is 0.119 e. The summed E-state index contributed by atoms with van der Waals surface area (Å²) >= 11 is 0. The Morgan fingerprint density at radius 3 is 2.67 bits per heavy atom. The maximum absolute atomic E-state index is 9.39. The number of phenols is 1. The third kappa shape index (κ3) is 2.94. The molecule has 2 N–H and O–H groups in total. The maximum atomic E-state index is 9.39. The minimum Gasteiger partial charge on any atom is -0.508 e. The number of rotatable bonds is 4. The summed E-state index contributed by atoms with van der Waals surface area (Å²) in [4.78, 5) is 0. The van der Waals surface area contributed by atoms with Gasteiger partial charge in [0, 0.05) is 12.2 Å². The Kier molecular flexibility index (Phi) is 3.72. The van der Waals surface area contributed by atoms with E-state index in [2.05, 4.69) is 5.32 Å². The second-order valence-electron chi connectivity index (χ2n) is 4.20. The van der Waals surface area contributed by atoms with Crippen LogP contribution in [0.2, 0.25) is 0 Å². The van der Waals surface area contributed by atoms with Gasteiger partial charge in [0.05, 0.1) is 7.11 Å². The summed E-state index contributed by atoms with van der Waals surface area (Å²) < 4.78 is 5.17. The fourth-order valence-corrected chi connectivity index (χ4v) is 1.83. The molecule has 94 valence electrons. The predicted molar refractivity (Wildman–Crippen MR) is 73.2 cm³/mol. The molecule has 0 aromatic heterocycles. The molecule has 0 radical (unpaired) electrons. The van der Waals surface area contributed by atoms with Crippen LogP contribution < -0.4 is 10.1 Å². The highest BCUT2D eigenvalue weighted by molar-refractivity contribution is 5.53. The second-order valence-corrected chi connectivity index (χ2v) is 4.20. The van der Waals surface area contributed by atoms with Gasteiger partial charge in [-0.2, -0.15) is 0 Å². The van der Waals surface area contributed by atoms with Gasteiger partial charge in [-0.1, -0.05) is 12.1 Å². The first-order valence-electron chi connectivity index (χ1n) is 5.85. The molecule has 0 saturated carbocycles. The minimum atomic E-state index is 0.292. The number of methoxy groups -OCH3 is 1. The van der Waals surface area contributed by atoms with Gasteiger partial charge in [0.2, 0.25) is 0 Å². The van der Waals surface area contributed by atoms with Crippen LogP contribution in [0.15, 0.2) is 42.5 Å². The summed E-state index contributed by atoms with van der Waals surface area (Å²) in [6.07, 6.45) is 0. The van der Waals surface area contributed by atoms with Gasteiger partial charge in [-0.25, -0.2) is 0 Å². The number of nitrogens with one attached hydrogen (secondary N) is 1. The van der Waals surface area contributed by atoms with E-state index in [1.165, 1.54) is 0 Å². The van der Waals surface area contributed by atoms with Gasteiger partial charge in [0.15, 0.2) is 0 Å². The summed E-state index contributed by atoms with van der Waals surface area (Å²) in [7, 11) is 1.66. The molecule has 3 heteroatoms. The van der Waals surface area contributed by atoms with Gasteiger partial charge in [-0.3, -0.25) is 0 Å². The van der Waals surface area contributed by atoms with Crippen LogP contribution in [0, 0.1) is 6.92 Å². The zero-order valence-electron chi connectivity index (χ0n) is 10.6. The molecule has 0 aliphatic rings. The van der Waals surface area contributed by atoms with E-state index in [-0.39, 0.29) is 0 Å². The number of ether oxygens (including phenoxy) is 1. The molecule has 0 bridgehead atoms. The van der Waals surface area contributed by atoms with Gasteiger partial charge < -0.3 is 15.2 Å². The van der Waals surface area contributed by atoms with Crippen molar-refractivity contribution in [1.29, 1.82) is 0 Å². The molecule has 0 heterocycles. The van der Waals surface area contributed by atoms with Gasteiger partial charge in [-0.15, -0.1) is 0 Å². The molecule has 2 aromatic rings. The highest BCUT2D eigenvalue weighted by atomic mass is 16.5. The lowest BCUT2D eigenvalue weighted by atomic mass is 10.1. The van der Waals surface area contributed by atoms with E-state index in [1.54, 1.807) is 19.2 Å². The average molecular weight is 243 g/mol. The Hall–Kier alpha value is -2.16. The number of aryl methyl sites for hydroxylation is 1. The van der Waals surface area contributed by atoms with Crippen LogP contribution in [0.1, 0.15) is 11.1 Å². The smallest absolute Gasteiger partial charge is 0.119 e. The molecular formula is C15H17NO2. The Bertz CT molecular complexity index is 538. The number of hydrogen-bond donors (Lipinski definition) is 2. The molecule has 0 aliphatic carbocycles. The van der Waals surface area contributed by atoms with E-state index in [0.717, 1.165) is 22.6 Å². The molecule has 0 spiro atoms. The minimum absolute atomic E-state index is 0.292. The zero-order chi connectivity index (χ0) is 13.0. The van der Waals surface area contributed by atoms with E-state index in [4.69, 9.17) is 4.74 Å². The molecule has 0 saturated heterocycles. The largest absolute Gasteiger partial charge is 0.508 e. The van der Waals surface area contributed by atoms with E-state index >= 15 is 0 Å². The number of aromatic hydroxyl groups is 1. The molecule has 3 nitrogen and oxygen atoms in total. The number of anilines is 1. The monoisotopic (exact) mass is 243 g/mol. The molecule has 2 rings (SSSR count). The Morgan fingerprint density at radius 2 is 2.00 bits per heavy atom. The second kappa shape index (κ2) is 5.45. The summed E-state index contributed by atoms with van der Waals surface area (Å²) in [5.41, 5.74) is 3.25. The lowest BCUT2D eigenvalue weighted by molar-refractivity contribution is 0.414. The number of hydrogen-bond acceptors (Lipinski definition) is 3. The zero-order valence-corrected chi connectivity index (χ0v) is 10.6. The Labute approximate surface area is 107 Å². The number of phenolic OH excluding ortho intramolecular Hbond substituents is 1. The topological polar surface area (TPSA) is 41.5 Å². The molecule has 2 aromatic carbocycles. The highest BCUT2D eigenvalue weighted by Gasteiger charge is 2.00. The summed E-state index contributed by atoms with van der Waals surface area (Å²) in [6, 6.07) is 13.2. The lowest BCUT2D eigenvalue weighted by Crippen LogP contribution is -2.01. The van der Waals surface area contributed by atoms with Crippen molar-refractivity contribution < 1.29 is 9.84 Å². The first-order valence-corrected chi connectivity index (χ1v) is 5.85. The van der Waals surface area contributed by atoms with Gasteiger partial charge in [-0.05, 0) is 48.4 Å². The van der Waals surface area contributed by atoms with Crippen LogP contribution in [-0.4, -0.2) is 12.2 Å². The van der Waals surface area contributed by atoms with E-state index < -0.39 is 0 Å². The summed E-state index contributed by atoms with van der Waals surface area (Å²) in [6.45, 7) is 2.72. The van der Waals surface area contributed by atoms with Crippen molar-refractivity contribution in [2.45, 2.75) is 13.5 Å². The van der Waals surface area contributed by atoms with E-state index in [9.17, 15) is 5.11 Å². The molecule has 0 amide bonds. The molecule has 0 atom stereocenters. The van der Waals surface area contributed by atoms with Crippen molar-refractivity contribution in [3.05, 3.63) is 53.6 Å². The fourth-order valence-electron chi connectivity index (χ4n) is 1.83. The lowest BCUT2D eigenvalue weighted by Gasteiger charge is -2.11. The number of benzene rings is 2. The van der Waals surface area contributed by atoms with Crippen LogP contribution in [0.4, 0.5) is 5.69 Å². The van der Waals surface area contributed by atoms with Crippen LogP contribution in [0.25, 0.3) is 0 Å².